The zero-order valence-electron chi connectivity index (χ0n) is 16.7. The fourth-order valence-electron chi connectivity index (χ4n) is 3.97. The van der Waals surface area contributed by atoms with Gasteiger partial charge in [0.1, 0.15) is 11.6 Å². The van der Waals surface area contributed by atoms with Crippen molar-refractivity contribution in [1.29, 1.82) is 0 Å². The van der Waals surface area contributed by atoms with E-state index in [1.54, 1.807) is 4.90 Å². The number of rotatable bonds is 6. The molecular weight excluding hydrogens is 402 g/mol. The molecule has 1 heterocycles. The van der Waals surface area contributed by atoms with Gasteiger partial charge in [0.25, 0.3) is 0 Å². The standard InChI is InChI=1S/C22H23F4NO3/c1-3-18(21(28)29)13(2)14-4-5-16-12-27(9-8-15(16)10-14)20-11-17(6-7-19(20)23)30-22(24,25)26/h4-7,10-11,13,18H,3,8-9,12H2,1-2H3,(H,28,29). The van der Waals surface area contributed by atoms with Crippen molar-refractivity contribution in [2.75, 3.05) is 11.4 Å². The fourth-order valence-corrected chi connectivity index (χ4v) is 3.97. The largest absolute Gasteiger partial charge is 0.573 e. The molecule has 0 radical (unpaired) electrons. The summed E-state index contributed by atoms with van der Waals surface area (Å²) >= 11 is 0. The van der Waals surface area contributed by atoms with Crippen LogP contribution in [0.2, 0.25) is 0 Å². The van der Waals surface area contributed by atoms with Crippen LogP contribution in [-0.4, -0.2) is 24.0 Å². The summed E-state index contributed by atoms with van der Waals surface area (Å²) < 4.78 is 55.7. The molecule has 2 aromatic rings. The first-order chi connectivity index (χ1) is 14.1. The summed E-state index contributed by atoms with van der Waals surface area (Å²) in [5, 5.41) is 9.40. The number of carboxylic acid groups (broad SMARTS) is 1. The van der Waals surface area contributed by atoms with Crippen LogP contribution in [0, 0.1) is 11.7 Å². The van der Waals surface area contributed by atoms with Gasteiger partial charge in [0, 0.05) is 19.2 Å². The highest BCUT2D eigenvalue weighted by molar-refractivity contribution is 5.71. The number of fused-ring (bicyclic) bond motifs is 1. The minimum absolute atomic E-state index is 0.0526. The second kappa shape index (κ2) is 8.53. The monoisotopic (exact) mass is 425 g/mol. The zero-order valence-corrected chi connectivity index (χ0v) is 16.7. The van der Waals surface area contributed by atoms with Crippen LogP contribution in [0.3, 0.4) is 0 Å². The van der Waals surface area contributed by atoms with Crippen molar-refractivity contribution in [2.45, 2.75) is 45.5 Å². The average molecular weight is 425 g/mol. The third kappa shape index (κ3) is 4.86. The van der Waals surface area contributed by atoms with Crippen LogP contribution in [0.15, 0.2) is 36.4 Å². The predicted octanol–water partition coefficient (Wildman–Crippen LogP) is 5.50. The van der Waals surface area contributed by atoms with E-state index in [1.165, 1.54) is 0 Å². The SMILES string of the molecule is CCC(C(=O)O)C(C)c1ccc2c(c1)CCN(c1cc(OC(F)(F)F)ccc1F)C2. The molecule has 1 aliphatic rings. The summed E-state index contributed by atoms with van der Waals surface area (Å²) in [6, 6.07) is 8.72. The molecule has 0 fully saturated rings. The third-order valence-electron chi connectivity index (χ3n) is 5.62. The summed E-state index contributed by atoms with van der Waals surface area (Å²) in [4.78, 5) is 13.1. The predicted molar refractivity (Wildman–Crippen MR) is 104 cm³/mol. The van der Waals surface area contributed by atoms with Gasteiger partial charge in [-0.3, -0.25) is 4.79 Å². The minimum Gasteiger partial charge on any atom is -0.481 e. The molecule has 2 aromatic carbocycles. The van der Waals surface area contributed by atoms with Crippen LogP contribution in [-0.2, 0) is 17.8 Å². The van der Waals surface area contributed by atoms with Gasteiger partial charge in [0.15, 0.2) is 0 Å². The van der Waals surface area contributed by atoms with Crippen LogP contribution in [0.1, 0.15) is 42.9 Å². The van der Waals surface area contributed by atoms with Crippen molar-refractivity contribution < 1.29 is 32.2 Å². The number of benzene rings is 2. The first-order valence-electron chi connectivity index (χ1n) is 9.73. The van der Waals surface area contributed by atoms with Gasteiger partial charge in [-0.2, -0.15) is 0 Å². The highest BCUT2D eigenvalue weighted by Crippen LogP contribution is 2.34. The van der Waals surface area contributed by atoms with Crippen molar-refractivity contribution >= 4 is 11.7 Å². The molecule has 3 rings (SSSR count). The van der Waals surface area contributed by atoms with Crippen LogP contribution >= 0.6 is 0 Å². The second-order valence-electron chi connectivity index (χ2n) is 7.50. The lowest BCUT2D eigenvalue weighted by molar-refractivity contribution is -0.274. The highest BCUT2D eigenvalue weighted by atomic mass is 19.4. The summed E-state index contributed by atoms with van der Waals surface area (Å²) in [6.07, 6.45) is -3.75. The van der Waals surface area contributed by atoms with Crippen molar-refractivity contribution in [3.8, 4) is 5.75 Å². The van der Waals surface area contributed by atoms with Crippen molar-refractivity contribution in [1.82, 2.24) is 0 Å². The molecule has 2 unspecified atom stereocenters. The normalized spacial score (nSPS) is 16.0. The first-order valence-corrected chi connectivity index (χ1v) is 9.73. The van der Waals surface area contributed by atoms with Gasteiger partial charge in [0.2, 0.25) is 0 Å². The van der Waals surface area contributed by atoms with Crippen LogP contribution in [0.4, 0.5) is 23.2 Å². The van der Waals surface area contributed by atoms with E-state index in [4.69, 9.17) is 0 Å². The Labute approximate surface area is 172 Å². The lowest BCUT2D eigenvalue weighted by atomic mass is 9.83. The molecule has 4 nitrogen and oxygen atoms in total. The van der Waals surface area contributed by atoms with E-state index in [1.807, 2.05) is 32.0 Å². The number of carbonyl (C=O) groups is 1. The van der Waals surface area contributed by atoms with E-state index in [-0.39, 0.29) is 11.6 Å². The third-order valence-corrected chi connectivity index (χ3v) is 5.62. The summed E-state index contributed by atoms with van der Waals surface area (Å²) in [5.41, 5.74) is 2.96. The quantitative estimate of drug-likeness (QED) is 0.621. The Bertz CT molecular complexity index is 929. The fraction of sp³-hybridized carbons (Fsp3) is 0.409. The van der Waals surface area contributed by atoms with Crippen molar-refractivity contribution in [3.05, 3.63) is 58.9 Å². The Morgan fingerprint density at radius 2 is 1.93 bits per heavy atom. The van der Waals surface area contributed by atoms with E-state index >= 15 is 0 Å². The number of hydrogen-bond donors (Lipinski definition) is 1. The van der Waals surface area contributed by atoms with Gasteiger partial charge in [-0.15, -0.1) is 13.2 Å². The van der Waals surface area contributed by atoms with Gasteiger partial charge >= 0.3 is 12.3 Å². The summed E-state index contributed by atoms with van der Waals surface area (Å²) in [6.45, 7) is 4.50. The Kier molecular flexibility index (Phi) is 6.24. The molecule has 0 bridgehead atoms. The van der Waals surface area contributed by atoms with Gasteiger partial charge < -0.3 is 14.7 Å². The lowest BCUT2D eigenvalue weighted by Gasteiger charge is -2.32. The number of carboxylic acids is 1. The van der Waals surface area contributed by atoms with E-state index in [0.717, 1.165) is 34.9 Å². The molecule has 1 N–H and O–H groups in total. The van der Waals surface area contributed by atoms with E-state index in [9.17, 15) is 27.5 Å². The number of alkyl halides is 3. The molecule has 0 saturated heterocycles. The number of aliphatic carboxylic acids is 1. The van der Waals surface area contributed by atoms with E-state index < -0.39 is 29.8 Å². The Morgan fingerprint density at radius 3 is 2.57 bits per heavy atom. The zero-order chi connectivity index (χ0) is 22.1. The van der Waals surface area contributed by atoms with Crippen molar-refractivity contribution in [2.24, 2.45) is 5.92 Å². The van der Waals surface area contributed by atoms with E-state index in [0.29, 0.717) is 25.9 Å². The molecule has 0 amide bonds. The number of anilines is 1. The Hall–Kier alpha value is -2.77. The molecule has 0 saturated carbocycles. The number of ether oxygens (including phenoxy) is 1. The van der Waals surface area contributed by atoms with Crippen LogP contribution < -0.4 is 9.64 Å². The average Bonchev–Trinajstić information content (AvgIpc) is 2.67. The molecule has 8 heteroatoms. The van der Waals surface area contributed by atoms with Crippen LogP contribution in [0.5, 0.6) is 5.75 Å². The van der Waals surface area contributed by atoms with Gasteiger partial charge in [0.05, 0.1) is 11.6 Å². The van der Waals surface area contributed by atoms with Gasteiger partial charge in [-0.25, -0.2) is 4.39 Å². The number of halogens is 4. The van der Waals surface area contributed by atoms with Crippen LogP contribution in [0.25, 0.3) is 0 Å². The van der Waals surface area contributed by atoms with Gasteiger partial charge in [-0.1, -0.05) is 32.0 Å². The molecule has 2 atom stereocenters. The molecule has 162 valence electrons. The molecule has 0 spiro atoms. The minimum atomic E-state index is -4.84. The molecular formula is C22H23F4NO3. The van der Waals surface area contributed by atoms with E-state index in [2.05, 4.69) is 4.74 Å². The topological polar surface area (TPSA) is 49.8 Å². The molecule has 0 aromatic heterocycles. The number of nitrogens with zero attached hydrogens (tertiary/aromatic N) is 1. The first kappa shape index (κ1) is 21.9. The maximum Gasteiger partial charge on any atom is 0.573 e. The molecule has 1 aliphatic heterocycles. The molecule has 0 aliphatic carbocycles. The molecule has 30 heavy (non-hydrogen) atoms. The number of hydrogen-bond acceptors (Lipinski definition) is 3. The smallest absolute Gasteiger partial charge is 0.481 e. The second-order valence-corrected chi connectivity index (χ2v) is 7.50. The summed E-state index contributed by atoms with van der Waals surface area (Å²) in [7, 11) is 0. The van der Waals surface area contributed by atoms with Crippen molar-refractivity contribution in [3.63, 3.8) is 0 Å². The highest BCUT2D eigenvalue weighted by Gasteiger charge is 2.32. The maximum absolute atomic E-state index is 14.3. The Morgan fingerprint density at radius 1 is 1.20 bits per heavy atom. The van der Waals surface area contributed by atoms with Gasteiger partial charge in [-0.05, 0) is 47.6 Å². The lowest BCUT2D eigenvalue weighted by Crippen LogP contribution is -2.31. The summed E-state index contributed by atoms with van der Waals surface area (Å²) in [5.74, 6) is -2.54. The maximum atomic E-state index is 14.3. The Balaban J connectivity index is 1.82.